The molecule has 1 aliphatic heterocycles. The Morgan fingerprint density at radius 1 is 1.44 bits per heavy atom. The Morgan fingerprint density at radius 2 is 2.12 bits per heavy atom. The van der Waals surface area contributed by atoms with Crippen LogP contribution in [-0.2, 0) is 4.79 Å². The third kappa shape index (κ3) is 5.40. The molecular weight excluding hydrogens is 410 g/mol. The van der Waals surface area contributed by atoms with Crippen LogP contribution in [-0.4, -0.2) is 81.3 Å². The molecule has 0 spiro atoms. The fourth-order valence-electron chi connectivity index (χ4n) is 4.06. The first-order valence-corrected chi connectivity index (χ1v) is 11.2. The van der Waals surface area contributed by atoms with Crippen molar-refractivity contribution in [2.24, 2.45) is 5.92 Å². The molecule has 0 bridgehead atoms. The van der Waals surface area contributed by atoms with Crippen molar-refractivity contribution in [2.75, 3.05) is 26.7 Å². The van der Waals surface area contributed by atoms with Gasteiger partial charge in [0.25, 0.3) is 5.91 Å². The van der Waals surface area contributed by atoms with Gasteiger partial charge < -0.3 is 24.7 Å². The monoisotopic (exact) mass is 443 g/mol. The molecule has 1 saturated carbocycles. The Kier molecular flexibility index (Phi) is 7.42. The van der Waals surface area contributed by atoms with Crippen molar-refractivity contribution < 1.29 is 24.5 Å². The van der Waals surface area contributed by atoms with E-state index in [1.165, 1.54) is 13.1 Å². The van der Waals surface area contributed by atoms with E-state index in [-0.39, 0.29) is 41.9 Å². The number of nitrogens with zero attached hydrogens (tertiary/aromatic N) is 3. The highest BCUT2D eigenvalue weighted by Gasteiger charge is 2.34. The number of aliphatic hydroxyl groups is 2. The lowest BCUT2D eigenvalue weighted by Crippen LogP contribution is -2.50. The quantitative estimate of drug-likeness (QED) is 0.683. The van der Waals surface area contributed by atoms with E-state index < -0.39 is 11.6 Å². The summed E-state index contributed by atoms with van der Waals surface area (Å²) in [5.74, 6) is 5.62. The zero-order valence-electron chi connectivity index (χ0n) is 19.3. The number of carbonyl (C=O) groups excluding carboxylic acids is 2. The standard InChI is InChI=1S/C24H33N3O5/c1-16-13-27(17(2)15-28)23(30)20-11-19(7-10-24(31)8-5-6-9-24)12-25-22(20)32-21(16)14-26(4)18(3)29/h11-12,16-17,21,28,31H,5-6,8-9,13-15H2,1-4H3/t16-,17-,21-/m0/s1. The average Bonchev–Trinajstić information content (AvgIpc) is 3.20. The van der Waals surface area contributed by atoms with E-state index >= 15 is 0 Å². The van der Waals surface area contributed by atoms with Gasteiger partial charge in [0, 0.05) is 38.2 Å². The molecule has 2 heterocycles. The van der Waals surface area contributed by atoms with E-state index in [9.17, 15) is 19.8 Å². The third-order valence-electron chi connectivity index (χ3n) is 6.38. The van der Waals surface area contributed by atoms with Crippen LogP contribution in [0.25, 0.3) is 0 Å². The van der Waals surface area contributed by atoms with Crippen molar-refractivity contribution in [3.63, 3.8) is 0 Å². The zero-order valence-corrected chi connectivity index (χ0v) is 19.3. The molecule has 2 aliphatic rings. The van der Waals surface area contributed by atoms with Crippen LogP contribution in [0.2, 0.25) is 0 Å². The molecular formula is C24H33N3O5. The minimum absolute atomic E-state index is 0.0804. The molecule has 2 amide bonds. The van der Waals surface area contributed by atoms with E-state index in [4.69, 9.17) is 4.74 Å². The molecule has 0 aromatic carbocycles. The number of ether oxygens (including phenoxy) is 1. The second-order valence-electron chi connectivity index (χ2n) is 9.09. The van der Waals surface area contributed by atoms with Crippen molar-refractivity contribution in [3.8, 4) is 17.7 Å². The van der Waals surface area contributed by atoms with Gasteiger partial charge in [-0.05, 0) is 38.7 Å². The minimum Gasteiger partial charge on any atom is -0.472 e. The van der Waals surface area contributed by atoms with Gasteiger partial charge in [0.1, 0.15) is 17.3 Å². The highest BCUT2D eigenvalue weighted by molar-refractivity contribution is 5.97. The van der Waals surface area contributed by atoms with Gasteiger partial charge in [0.15, 0.2) is 0 Å². The van der Waals surface area contributed by atoms with Crippen LogP contribution in [0.3, 0.4) is 0 Å². The second-order valence-corrected chi connectivity index (χ2v) is 9.09. The predicted molar refractivity (Wildman–Crippen MR) is 119 cm³/mol. The van der Waals surface area contributed by atoms with Crippen LogP contribution < -0.4 is 4.74 Å². The van der Waals surface area contributed by atoms with Gasteiger partial charge in [-0.1, -0.05) is 18.8 Å². The van der Waals surface area contributed by atoms with Gasteiger partial charge in [-0.15, -0.1) is 0 Å². The van der Waals surface area contributed by atoms with Gasteiger partial charge in [0.2, 0.25) is 11.8 Å². The highest BCUT2D eigenvalue weighted by atomic mass is 16.5. The summed E-state index contributed by atoms with van der Waals surface area (Å²) in [7, 11) is 1.71. The molecule has 1 aliphatic carbocycles. The molecule has 0 radical (unpaired) electrons. The van der Waals surface area contributed by atoms with Gasteiger partial charge >= 0.3 is 0 Å². The van der Waals surface area contributed by atoms with Crippen LogP contribution in [0.1, 0.15) is 62.4 Å². The molecule has 3 atom stereocenters. The molecule has 3 rings (SSSR count). The molecule has 2 N–H and O–H groups in total. The predicted octanol–water partition coefficient (Wildman–Crippen LogP) is 1.44. The second kappa shape index (κ2) is 9.88. The zero-order chi connectivity index (χ0) is 23.5. The summed E-state index contributed by atoms with van der Waals surface area (Å²) in [4.78, 5) is 32.7. The van der Waals surface area contributed by atoms with Crippen LogP contribution >= 0.6 is 0 Å². The summed E-state index contributed by atoms with van der Waals surface area (Å²) in [5.41, 5.74) is -0.207. The topological polar surface area (TPSA) is 103 Å². The van der Waals surface area contributed by atoms with Crippen LogP contribution in [0.4, 0.5) is 0 Å². The lowest BCUT2D eigenvalue weighted by molar-refractivity contribution is -0.129. The number of carbonyl (C=O) groups is 2. The molecule has 174 valence electrons. The number of aromatic nitrogens is 1. The number of hydrogen-bond donors (Lipinski definition) is 2. The maximum atomic E-state index is 13.4. The first-order valence-electron chi connectivity index (χ1n) is 11.2. The molecule has 0 unspecified atom stereocenters. The number of hydrogen-bond acceptors (Lipinski definition) is 6. The van der Waals surface area contributed by atoms with Gasteiger partial charge in [0.05, 0.1) is 19.2 Å². The number of aliphatic hydroxyl groups excluding tert-OH is 1. The molecule has 1 fully saturated rings. The SMILES string of the molecule is CC(=O)N(C)C[C@@H]1Oc2ncc(C#CC3(O)CCCC3)cc2C(=O)N([C@@H](C)CO)C[C@@H]1C. The van der Waals surface area contributed by atoms with Crippen molar-refractivity contribution >= 4 is 11.8 Å². The van der Waals surface area contributed by atoms with Crippen LogP contribution in [0, 0.1) is 17.8 Å². The minimum atomic E-state index is -0.986. The summed E-state index contributed by atoms with van der Waals surface area (Å²) in [6, 6.07) is 1.24. The number of rotatable bonds is 4. The first-order chi connectivity index (χ1) is 15.1. The fourth-order valence-corrected chi connectivity index (χ4v) is 4.06. The number of likely N-dealkylation sites (N-methyl/N-ethyl adjacent to an activating group) is 1. The molecule has 8 heteroatoms. The molecule has 1 aromatic rings. The molecule has 32 heavy (non-hydrogen) atoms. The Labute approximate surface area is 189 Å². The number of fused-ring (bicyclic) bond motifs is 1. The van der Waals surface area contributed by atoms with Crippen LogP contribution in [0.5, 0.6) is 5.88 Å². The highest BCUT2D eigenvalue weighted by Crippen LogP contribution is 2.30. The number of amides is 2. The summed E-state index contributed by atoms with van der Waals surface area (Å²) in [6.07, 6.45) is 4.34. The maximum Gasteiger partial charge on any atom is 0.259 e. The summed E-state index contributed by atoms with van der Waals surface area (Å²) in [5, 5.41) is 20.2. The summed E-state index contributed by atoms with van der Waals surface area (Å²) < 4.78 is 6.14. The Hall–Kier alpha value is -2.63. The lowest BCUT2D eigenvalue weighted by Gasteiger charge is -2.37. The van der Waals surface area contributed by atoms with Gasteiger partial charge in [-0.2, -0.15) is 0 Å². The number of pyridine rings is 1. The average molecular weight is 444 g/mol. The van der Waals surface area contributed by atoms with Crippen LogP contribution in [0.15, 0.2) is 12.3 Å². The Balaban J connectivity index is 1.98. The van der Waals surface area contributed by atoms with E-state index in [0.717, 1.165) is 12.8 Å². The van der Waals surface area contributed by atoms with E-state index in [1.54, 1.807) is 29.8 Å². The molecule has 1 aromatic heterocycles. The summed E-state index contributed by atoms with van der Waals surface area (Å²) >= 11 is 0. The smallest absolute Gasteiger partial charge is 0.259 e. The van der Waals surface area contributed by atoms with Crippen molar-refractivity contribution in [1.29, 1.82) is 0 Å². The Bertz CT molecular complexity index is 916. The van der Waals surface area contributed by atoms with E-state index in [0.29, 0.717) is 31.5 Å². The first kappa shape index (κ1) is 24.0. The van der Waals surface area contributed by atoms with Gasteiger partial charge in [-0.25, -0.2) is 4.98 Å². The van der Waals surface area contributed by atoms with Crippen molar-refractivity contribution in [3.05, 3.63) is 23.4 Å². The van der Waals surface area contributed by atoms with Crippen molar-refractivity contribution in [1.82, 2.24) is 14.8 Å². The Morgan fingerprint density at radius 3 is 2.75 bits per heavy atom. The van der Waals surface area contributed by atoms with Crippen molar-refractivity contribution in [2.45, 2.75) is 64.2 Å². The maximum absolute atomic E-state index is 13.4. The van der Waals surface area contributed by atoms with E-state index in [2.05, 4.69) is 16.8 Å². The van der Waals surface area contributed by atoms with Gasteiger partial charge in [-0.3, -0.25) is 9.59 Å². The largest absolute Gasteiger partial charge is 0.472 e. The molecule has 0 saturated heterocycles. The van der Waals surface area contributed by atoms with E-state index in [1.807, 2.05) is 6.92 Å². The third-order valence-corrected chi connectivity index (χ3v) is 6.38. The summed E-state index contributed by atoms with van der Waals surface area (Å²) in [6.45, 7) is 5.78. The normalized spacial score (nSPS) is 23.2. The fraction of sp³-hybridized carbons (Fsp3) is 0.625. The lowest BCUT2D eigenvalue weighted by atomic mass is 9.99. The molecule has 8 nitrogen and oxygen atoms in total.